The van der Waals surface area contributed by atoms with Crippen LogP contribution in [0.1, 0.15) is 29.8 Å². The van der Waals surface area contributed by atoms with Crippen molar-refractivity contribution in [3.63, 3.8) is 0 Å². The Morgan fingerprint density at radius 1 is 1.20 bits per heavy atom. The van der Waals surface area contributed by atoms with Crippen molar-refractivity contribution in [2.45, 2.75) is 26.4 Å². The third-order valence-corrected chi connectivity index (χ3v) is 3.63. The van der Waals surface area contributed by atoms with Crippen LogP contribution in [0.25, 0.3) is 5.65 Å². The first-order valence-electron chi connectivity index (χ1n) is 8.28. The van der Waals surface area contributed by atoms with E-state index < -0.39 is 0 Å². The predicted octanol–water partition coefficient (Wildman–Crippen LogP) is 2.82. The van der Waals surface area contributed by atoms with Crippen LogP contribution in [0.4, 0.5) is 5.95 Å². The van der Waals surface area contributed by atoms with Crippen molar-refractivity contribution in [1.29, 1.82) is 0 Å². The number of rotatable bonds is 6. The number of nitrogens with one attached hydrogen (secondary N) is 1. The summed E-state index contributed by atoms with van der Waals surface area (Å²) in [5.41, 5.74) is 2.73. The molecule has 3 rings (SSSR count). The fraction of sp³-hybridized carbons (Fsp3) is 0.316. The van der Waals surface area contributed by atoms with Crippen molar-refractivity contribution in [2.24, 2.45) is 0 Å². The van der Waals surface area contributed by atoms with Gasteiger partial charge in [-0.1, -0.05) is 42.2 Å². The number of hydrogen-bond donors (Lipinski definition) is 1. The summed E-state index contributed by atoms with van der Waals surface area (Å²) in [6.07, 6.45) is 3.40. The van der Waals surface area contributed by atoms with Crippen molar-refractivity contribution >= 4 is 11.6 Å². The molecule has 0 fully saturated rings. The van der Waals surface area contributed by atoms with E-state index in [2.05, 4.69) is 44.4 Å². The maximum absolute atomic E-state index is 5.66. The molecule has 0 aliphatic rings. The Morgan fingerprint density at radius 2 is 2.04 bits per heavy atom. The average Bonchev–Trinajstić information content (AvgIpc) is 3.04. The van der Waals surface area contributed by atoms with E-state index in [0.717, 1.165) is 24.1 Å². The van der Waals surface area contributed by atoms with Crippen LogP contribution in [0.15, 0.2) is 36.5 Å². The number of nitrogens with zero attached hydrogens (tertiary/aromatic N) is 4. The van der Waals surface area contributed by atoms with Gasteiger partial charge in [0.05, 0.1) is 18.4 Å². The minimum Gasteiger partial charge on any atom is -0.377 e. The second kappa shape index (κ2) is 8.27. The molecule has 1 N–H and O–H groups in total. The molecule has 0 unspecified atom stereocenters. The van der Waals surface area contributed by atoms with Crippen LogP contribution in [0.3, 0.4) is 0 Å². The Kier molecular flexibility index (Phi) is 5.60. The van der Waals surface area contributed by atoms with Crippen molar-refractivity contribution in [2.75, 3.05) is 19.0 Å². The lowest BCUT2D eigenvalue weighted by molar-refractivity contribution is 0.119. The molecule has 3 aromatic rings. The highest BCUT2D eigenvalue weighted by atomic mass is 16.5. The summed E-state index contributed by atoms with van der Waals surface area (Å²) in [7, 11) is 1.81. The van der Waals surface area contributed by atoms with Crippen LogP contribution in [0.5, 0.6) is 0 Å². The van der Waals surface area contributed by atoms with Crippen LogP contribution in [-0.4, -0.2) is 33.2 Å². The highest BCUT2D eigenvalue weighted by Crippen LogP contribution is 2.11. The molecule has 0 amide bonds. The monoisotopic (exact) mass is 335 g/mol. The van der Waals surface area contributed by atoms with E-state index in [9.17, 15) is 0 Å². The van der Waals surface area contributed by atoms with Gasteiger partial charge in [0.25, 0.3) is 0 Å². The summed E-state index contributed by atoms with van der Waals surface area (Å²) in [4.78, 5) is 8.73. The Balaban J connectivity index is 1.52. The van der Waals surface area contributed by atoms with E-state index in [0.29, 0.717) is 25.0 Å². The standard InChI is InChI=1S/C19H21N5O/c1-15-22-18-17(13-21-24(18)19(20-2)23-15)11-7-4-8-12-25-14-16-9-5-3-6-10-16/h3,5-6,9-10,13H,4,8,12,14H2,1-2H3,(H,20,22,23). The number of aryl methyl sites for hydroxylation is 1. The molecule has 0 aliphatic carbocycles. The Hall–Kier alpha value is -2.91. The van der Waals surface area contributed by atoms with Crippen LogP contribution in [-0.2, 0) is 11.3 Å². The molecule has 0 radical (unpaired) electrons. The first-order chi connectivity index (χ1) is 12.3. The van der Waals surface area contributed by atoms with E-state index in [4.69, 9.17) is 4.74 Å². The lowest BCUT2D eigenvalue weighted by Gasteiger charge is -2.03. The number of fused-ring (bicyclic) bond motifs is 1. The topological polar surface area (TPSA) is 64.3 Å². The molecule has 6 nitrogen and oxygen atoms in total. The number of benzene rings is 1. The number of anilines is 1. The zero-order chi connectivity index (χ0) is 17.5. The predicted molar refractivity (Wildman–Crippen MR) is 97.3 cm³/mol. The molecule has 0 aliphatic heterocycles. The fourth-order valence-electron chi connectivity index (χ4n) is 2.42. The second-order valence-electron chi connectivity index (χ2n) is 5.58. The molecule has 0 saturated carbocycles. The molecular weight excluding hydrogens is 314 g/mol. The van der Waals surface area contributed by atoms with Gasteiger partial charge in [0, 0.05) is 20.1 Å². The zero-order valence-electron chi connectivity index (χ0n) is 14.5. The number of unbranched alkanes of at least 4 members (excludes halogenated alkanes) is 1. The molecular formula is C19H21N5O. The van der Waals surface area contributed by atoms with Gasteiger partial charge in [0.2, 0.25) is 5.95 Å². The van der Waals surface area contributed by atoms with Gasteiger partial charge in [-0.3, -0.25) is 0 Å². The first kappa shape index (κ1) is 16.9. The van der Waals surface area contributed by atoms with Crippen LogP contribution >= 0.6 is 0 Å². The maximum atomic E-state index is 5.66. The number of hydrogen-bond acceptors (Lipinski definition) is 5. The summed E-state index contributed by atoms with van der Waals surface area (Å²) in [6, 6.07) is 10.2. The Morgan fingerprint density at radius 3 is 2.84 bits per heavy atom. The molecule has 0 spiro atoms. The fourth-order valence-corrected chi connectivity index (χ4v) is 2.42. The SMILES string of the molecule is CNc1nc(C)nc2c(C#CCCCOCc3ccccc3)cnn12. The minimum absolute atomic E-state index is 0.644. The summed E-state index contributed by atoms with van der Waals surface area (Å²) in [5.74, 6) is 7.67. The van der Waals surface area contributed by atoms with Crippen LogP contribution in [0.2, 0.25) is 0 Å². The zero-order valence-corrected chi connectivity index (χ0v) is 14.5. The van der Waals surface area contributed by atoms with Gasteiger partial charge in [0.1, 0.15) is 5.82 Å². The van der Waals surface area contributed by atoms with E-state index in [1.165, 1.54) is 5.56 Å². The van der Waals surface area contributed by atoms with Crippen LogP contribution in [0, 0.1) is 18.8 Å². The average molecular weight is 335 g/mol. The Bertz CT molecular complexity index is 893. The maximum Gasteiger partial charge on any atom is 0.227 e. The number of aromatic nitrogens is 4. The van der Waals surface area contributed by atoms with Gasteiger partial charge in [-0.2, -0.15) is 14.6 Å². The second-order valence-corrected chi connectivity index (χ2v) is 5.58. The van der Waals surface area contributed by atoms with Gasteiger partial charge in [-0.05, 0) is 18.9 Å². The summed E-state index contributed by atoms with van der Waals surface area (Å²) < 4.78 is 7.33. The van der Waals surface area contributed by atoms with Crippen molar-refractivity contribution in [3.8, 4) is 11.8 Å². The van der Waals surface area contributed by atoms with E-state index in [-0.39, 0.29) is 0 Å². The molecule has 1 aromatic carbocycles. The molecule has 0 saturated heterocycles. The third kappa shape index (κ3) is 4.34. The molecule has 0 atom stereocenters. The quantitative estimate of drug-likeness (QED) is 0.554. The number of ether oxygens (including phenoxy) is 1. The summed E-state index contributed by atoms with van der Waals surface area (Å²) in [6.45, 7) is 3.20. The first-order valence-corrected chi connectivity index (χ1v) is 8.28. The normalized spacial score (nSPS) is 10.5. The van der Waals surface area contributed by atoms with Crippen molar-refractivity contribution in [3.05, 3.63) is 53.5 Å². The minimum atomic E-state index is 0.644. The molecule has 2 heterocycles. The smallest absolute Gasteiger partial charge is 0.227 e. The Labute approximate surface area is 147 Å². The van der Waals surface area contributed by atoms with E-state index >= 15 is 0 Å². The van der Waals surface area contributed by atoms with Crippen LogP contribution < -0.4 is 5.32 Å². The largest absolute Gasteiger partial charge is 0.377 e. The van der Waals surface area contributed by atoms with Crippen molar-refractivity contribution < 1.29 is 4.74 Å². The third-order valence-electron chi connectivity index (χ3n) is 3.63. The van der Waals surface area contributed by atoms with Gasteiger partial charge >= 0.3 is 0 Å². The molecule has 25 heavy (non-hydrogen) atoms. The lowest BCUT2D eigenvalue weighted by atomic mass is 10.2. The molecule has 2 aromatic heterocycles. The summed E-state index contributed by atoms with van der Waals surface area (Å²) in [5, 5.41) is 7.31. The van der Waals surface area contributed by atoms with Gasteiger partial charge in [-0.25, -0.2) is 4.98 Å². The van der Waals surface area contributed by atoms with E-state index in [1.54, 1.807) is 10.7 Å². The van der Waals surface area contributed by atoms with E-state index in [1.807, 2.05) is 32.2 Å². The van der Waals surface area contributed by atoms with Crippen molar-refractivity contribution in [1.82, 2.24) is 19.6 Å². The molecule has 128 valence electrons. The molecule has 6 heteroatoms. The highest BCUT2D eigenvalue weighted by molar-refractivity contribution is 5.58. The van der Waals surface area contributed by atoms with Gasteiger partial charge in [-0.15, -0.1) is 0 Å². The van der Waals surface area contributed by atoms with Gasteiger partial charge in [0.15, 0.2) is 5.65 Å². The highest BCUT2D eigenvalue weighted by Gasteiger charge is 2.08. The van der Waals surface area contributed by atoms with Gasteiger partial charge < -0.3 is 10.1 Å². The lowest BCUT2D eigenvalue weighted by Crippen LogP contribution is -2.05. The summed E-state index contributed by atoms with van der Waals surface area (Å²) >= 11 is 0. The molecule has 0 bridgehead atoms.